The number of nitrogens with zero attached hydrogens (tertiary/aromatic N) is 3. The molecule has 3 rings (SSSR count). The van der Waals surface area contributed by atoms with Crippen LogP contribution in [0.2, 0.25) is 0 Å². The van der Waals surface area contributed by atoms with Crippen LogP contribution in [-0.4, -0.2) is 33.1 Å². The fraction of sp³-hybridized carbons (Fsp3) is 0.0588. The highest BCUT2D eigenvalue weighted by Crippen LogP contribution is 2.28. The summed E-state index contributed by atoms with van der Waals surface area (Å²) in [6.07, 6.45) is -5.02. The SMILES string of the molecule is O=C(Nc1nnc(-c2ccc([N+](=O)[O-])cc2)s1)c1ccc(NC(=O)C(F)(F)F)cc1. The van der Waals surface area contributed by atoms with Crippen molar-refractivity contribution in [3.05, 3.63) is 64.2 Å². The lowest BCUT2D eigenvalue weighted by atomic mass is 10.2. The summed E-state index contributed by atoms with van der Waals surface area (Å²) in [5.41, 5.74) is 0.493. The standard InChI is InChI=1S/C17H10F3N5O4S/c18-17(19,20)15(27)21-11-5-1-9(2-6-11)13(26)22-16-24-23-14(30-16)10-3-7-12(8-4-10)25(28)29/h1-8H,(H,21,27)(H,22,24,26). The maximum Gasteiger partial charge on any atom is 0.471 e. The fourth-order valence-corrected chi connectivity index (χ4v) is 2.94. The summed E-state index contributed by atoms with van der Waals surface area (Å²) in [5, 5.41) is 23.2. The molecule has 2 amide bonds. The lowest BCUT2D eigenvalue weighted by Gasteiger charge is -2.08. The molecule has 154 valence electrons. The Morgan fingerprint density at radius 1 is 0.967 bits per heavy atom. The van der Waals surface area contributed by atoms with Gasteiger partial charge in [-0.3, -0.25) is 25.0 Å². The maximum absolute atomic E-state index is 12.3. The van der Waals surface area contributed by atoms with Gasteiger partial charge in [-0.15, -0.1) is 10.2 Å². The molecule has 30 heavy (non-hydrogen) atoms. The largest absolute Gasteiger partial charge is 0.471 e. The zero-order valence-corrected chi connectivity index (χ0v) is 15.5. The number of hydrogen-bond acceptors (Lipinski definition) is 7. The minimum atomic E-state index is -5.02. The number of rotatable bonds is 5. The van der Waals surface area contributed by atoms with Crippen LogP contribution >= 0.6 is 11.3 Å². The van der Waals surface area contributed by atoms with Gasteiger partial charge in [0.25, 0.3) is 11.6 Å². The molecule has 13 heteroatoms. The number of alkyl halides is 3. The van der Waals surface area contributed by atoms with Gasteiger partial charge in [-0.25, -0.2) is 0 Å². The first-order valence-electron chi connectivity index (χ1n) is 8.01. The normalized spacial score (nSPS) is 11.0. The van der Waals surface area contributed by atoms with Crippen molar-refractivity contribution in [2.24, 2.45) is 0 Å². The molecule has 0 atom stereocenters. The van der Waals surface area contributed by atoms with Gasteiger partial charge in [-0.2, -0.15) is 13.2 Å². The smallest absolute Gasteiger partial charge is 0.318 e. The van der Waals surface area contributed by atoms with Crippen molar-refractivity contribution in [3.8, 4) is 10.6 Å². The Labute approximate surface area is 169 Å². The molecule has 1 heterocycles. The molecule has 0 spiro atoms. The van der Waals surface area contributed by atoms with Gasteiger partial charge in [0.15, 0.2) is 0 Å². The van der Waals surface area contributed by atoms with E-state index in [9.17, 15) is 32.9 Å². The van der Waals surface area contributed by atoms with E-state index in [1.165, 1.54) is 36.4 Å². The molecule has 0 unspecified atom stereocenters. The summed E-state index contributed by atoms with van der Waals surface area (Å²) < 4.78 is 36.7. The highest BCUT2D eigenvalue weighted by molar-refractivity contribution is 7.18. The number of carbonyl (C=O) groups is 2. The molecule has 9 nitrogen and oxygen atoms in total. The summed E-state index contributed by atoms with van der Waals surface area (Å²) in [4.78, 5) is 33.3. The average Bonchev–Trinajstić information content (AvgIpc) is 3.16. The number of anilines is 2. The number of nitrogens with one attached hydrogen (secondary N) is 2. The first kappa shape index (κ1) is 20.9. The molecular weight excluding hydrogens is 427 g/mol. The van der Waals surface area contributed by atoms with Gasteiger partial charge in [0.05, 0.1) is 4.92 Å². The monoisotopic (exact) mass is 437 g/mol. The minimum Gasteiger partial charge on any atom is -0.318 e. The van der Waals surface area contributed by atoms with Crippen molar-refractivity contribution in [2.75, 3.05) is 10.6 Å². The topological polar surface area (TPSA) is 127 Å². The second-order valence-corrected chi connectivity index (χ2v) is 6.68. The van der Waals surface area contributed by atoms with E-state index in [1.807, 2.05) is 0 Å². The number of non-ortho nitro benzene ring substituents is 1. The Kier molecular flexibility index (Phi) is 5.73. The molecule has 0 saturated carbocycles. The summed E-state index contributed by atoms with van der Waals surface area (Å²) >= 11 is 1.03. The Balaban J connectivity index is 1.65. The molecule has 1 aromatic heterocycles. The van der Waals surface area contributed by atoms with Crippen molar-refractivity contribution < 1.29 is 27.7 Å². The molecule has 2 N–H and O–H groups in total. The quantitative estimate of drug-likeness (QED) is 0.461. The van der Waals surface area contributed by atoms with E-state index in [-0.39, 0.29) is 22.1 Å². The number of nitro groups is 1. The number of carbonyl (C=O) groups excluding carboxylic acids is 2. The number of aromatic nitrogens is 2. The summed E-state index contributed by atoms with van der Waals surface area (Å²) in [5.74, 6) is -2.71. The van der Waals surface area contributed by atoms with Gasteiger partial charge in [0.1, 0.15) is 5.01 Å². The van der Waals surface area contributed by atoms with Gasteiger partial charge in [-0.1, -0.05) is 11.3 Å². The van der Waals surface area contributed by atoms with Crippen molar-refractivity contribution in [2.45, 2.75) is 6.18 Å². The molecule has 0 aliphatic heterocycles. The molecule has 0 bridgehead atoms. The number of nitro benzene ring substituents is 1. The van der Waals surface area contributed by atoms with Gasteiger partial charge >= 0.3 is 12.1 Å². The predicted octanol–water partition coefficient (Wildman–Crippen LogP) is 3.87. The van der Waals surface area contributed by atoms with E-state index in [2.05, 4.69) is 15.5 Å². The van der Waals surface area contributed by atoms with Gasteiger partial charge in [0.2, 0.25) is 5.13 Å². The average molecular weight is 437 g/mol. The zero-order valence-electron chi connectivity index (χ0n) is 14.6. The van der Waals surface area contributed by atoms with Crippen molar-refractivity contribution in [1.29, 1.82) is 0 Å². The molecular formula is C17H10F3N5O4S. The first-order chi connectivity index (χ1) is 14.1. The van der Waals surface area contributed by atoms with Crippen LogP contribution in [0.25, 0.3) is 10.6 Å². The van der Waals surface area contributed by atoms with Crippen LogP contribution in [0, 0.1) is 10.1 Å². The first-order valence-corrected chi connectivity index (χ1v) is 8.83. The second kappa shape index (κ2) is 8.24. The number of halogens is 3. The van der Waals surface area contributed by atoms with E-state index < -0.39 is 22.9 Å². The third kappa shape index (κ3) is 4.94. The Morgan fingerprint density at radius 3 is 2.17 bits per heavy atom. The molecule has 0 radical (unpaired) electrons. The van der Waals surface area contributed by atoms with Crippen molar-refractivity contribution in [1.82, 2.24) is 10.2 Å². The lowest BCUT2D eigenvalue weighted by molar-refractivity contribution is -0.384. The minimum absolute atomic E-state index is 0.0772. The Bertz CT molecular complexity index is 1100. The van der Waals surface area contributed by atoms with E-state index in [0.717, 1.165) is 23.5 Å². The number of amides is 2. The highest BCUT2D eigenvalue weighted by Gasteiger charge is 2.38. The van der Waals surface area contributed by atoms with Gasteiger partial charge in [-0.05, 0) is 36.4 Å². The molecule has 0 aliphatic rings. The third-order valence-electron chi connectivity index (χ3n) is 3.63. The van der Waals surface area contributed by atoms with Crippen LogP contribution in [0.5, 0.6) is 0 Å². The van der Waals surface area contributed by atoms with Crippen LogP contribution in [0.15, 0.2) is 48.5 Å². The lowest BCUT2D eigenvalue weighted by Crippen LogP contribution is -2.29. The number of benzene rings is 2. The number of hydrogen-bond donors (Lipinski definition) is 2. The molecule has 3 aromatic rings. The fourth-order valence-electron chi connectivity index (χ4n) is 2.19. The molecule has 0 saturated heterocycles. The molecule has 0 fully saturated rings. The molecule has 0 aliphatic carbocycles. The van der Waals surface area contributed by atoms with E-state index in [1.54, 1.807) is 5.32 Å². The van der Waals surface area contributed by atoms with Crippen LogP contribution < -0.4 is 10.6 Å². The summed E-state index contributed by atoms with van der Waals surface area (Å²) in [6.45, 7) is 0. The highest BCUT2D eigenvalue weighted by atomic mass is 32.1. The van der Waals surface area contributed by atoms with E-state index in [4.69, 9.17) is 0 Å². The maximum atomic E-state index is 12.3. The van der Waals surface area contributed by atoms with E-state index in [0.29, 0.717) is 10.6 Å². The van der Waals surface area contributed by atoms with Crippen LogP contribution in [-0.2, 0) is 4.79 Å². The van der Waals surface area contributed by atoms with Crippen LogP contribution in [0.3, 0.4) is 0 Å². The predicted molar refractivity (Wildman–Crippen MR) is 101 cm³/mol. The second-order valence-electron chi connectivity index (χ2n) is 5.70. The Hall–Kier alpha value is -3.87. The third-order valence-corrected chi connectivity index (χ3v) is 4.52. The van der Waals surface area contributed by atoms with E-state index >= 15 is 0 Å². The molecule has 2 aromatic carbocycles. The van der Waals surface area contributed by atoms with Crippen molar-refractivity contribution >= 4 is 39.7 Å². The zero-order chi connectivity index (χ0) is 21.9. The van der Waals surface area contributed by atoms with Crippen LogP contribution in [0.4, 0.5) is 29.7 Å². The van der Waals surface area contributed by atoms with Crippen LogP contribution in [0.1, 0.15) is 10.4 Å². The van der Waals surface area contributed by atoms with Crippen molar-refractivity contribution in [3.63, 3.8) is 0 Å². The Morgan fingerprint density at radius 2 is 1.60 bits per heavy atom. The summed E-state index contributed by atoms with van der Waals surface area (Å²) in [7, 11) is 0. The van der Waals surface area contributed by atoms with Gasteiger partial charge < -0.3 is 5.32 Å². The van der Waals surface area contributed by atoms with Gasteiger partial charge in [0, 0.05) is 28.9 Å². The summed E-state index contributed by atoms with van der Waals surface area (Å²) in [6, 6.07) is 10.4.